The first-order chi connectivity index (χ1) is 13.5. The highest BCUT2D eigenvalue weighted by Gasteiger charge is 2.23. The van der Waals surface area contributed by atoms with Crippen LogP contribution in [0.1, 0.15) is 36.8 Å². The van der Waals surface area contributed by atoms with Crippen LogP contribution in [-0.2, 0) is 13.6 Å². The summed E-state index contributed by atoms with van der Waals surface area (Å²) in [6.07, 6.45) is 6.23. The van der Waals surface area contributed by atoms with Crippen molar-refractivity contribution in [1.82, 2.24) is 19.7 Å². The van der Waals surface area contributed by atoms with Crippen molar-refractivity contribution in [3.63, 3.8) is 0 Å². The van der Waals surface area contributed by atoms with Gasteiger partial charge in [0.05, 0.1) is 11.6 Å². The molecule has 0 radical (unpaired) electrons. The summed E-state index contributed by atoms with van der Waals surface area (Å²) >= 11 is 6.25. The van der Waals surface area contributed by atoms with Crippen LogP contribution in [0.15, 0.2) is 24.4 Å². The number of fused-ring (bicyclic) bond motifs is 1. The molecule has 28 heavy (non-hydrogen) atoms. The normalized spacial score (nSPS) is 19.7. The van der Waals surface area contributed by atoms with Gasteiger partial charge in [-0.1, -0.05) is 36.6 Å². The van der Waals surface area contributed by atoms with E-state index in [0.717, 1.165) is 45.8 Å². The Bertz CT molecular complexity index is 984. The number of rotatable bonds is 5. The zero-order valence-corrected chi connectivity index (χ0v) is 17.0. The second kappa shape index (κ2) is 7.93. The second-order valence-electron chi connectivity index (χ2n) is 7.54. The zero-order chi connectivity index (χ0) is 19.7. The number of aromatic nitrogens is 4. The van der Waals surface area contributed by atoms with Crippen LogP contribution in [0.25, 0.3) is 11.0 Å². The van der Waals surface area contributed by atoms with Gasteiger partial charge in [-0.15, -0.1) is 0 Å². The lowest BCUT2D eigenvalue weighted by molar-refractivity contribution is 0.402. The molecule has 3 aromatic rings. The van der Waals surface area contributed by atoms with Crippen LogP contribution in [0.2, 0.25) is 5.02 Å². The van der Waals surface area contributed by atoms with E-state index in [-0.39, 0.29) is 12.1 Å². The lowest BCUT2D eigenvalue weighted by atomic mass is 9.91. The van der Waals surface area contributed by atoms with Crippen LogP contribution in [0, 0.1) is 6.92 Å². The number of anilines is 2. The van der Waals surface area contributed by atoms with Crippen LogP contribution in [0.3, 0.4) is 0 Å². The van der Waals surface area contributed by atoms with E-state index in [9.17, 15) is 0 Å². The predicted octanol–water partition coefficient (Wildman–Crippen LogP) is 3.62. The number of benzene rings is 1. The van der Waals surface area contributed by atoms with Crippen LogP contribution in [0.4, 0.5) is 11.8 Å². The van der Waals surface area contributed by atoms with E-state index in [1.54, 1.807) is 10.9 Å². The Morgan fingerprint density at radius 2 is 2.07 bits per heavy atom. The van der Waals surface area contributed by atoms with Crippen molar-refractivity contribution in [1.29, 1.82) is 0 Å². The molecule has 4 rings (SSSR count). The predicted molar refractivity (Wildman–Crippen MR) is 114 cm³/mol. The van der Waals surface area contributed by atoms with Gasteiger partial charge in [0.1, 0.15) is 5.82 Å². The average Bonchev–Trinajstić information content (AvgIpc) is 3.05. The fraction of sp³-hybridized carbons (Fsp3) is 0.450. The average molecular weight is 400 g/mol. The summed E-state index contributed by atoms with van der Waals surface area (Å²) < 4.78 is 1.76. The SMILES string of the molecule is Cc1ccc(CNc2nc(NC3CCCCC3N)nc3c2cnn3C)cc1Cl. The van der Waals surface area contributed by atoms with Gasteiger partial charge in [-0.3, -0.25) is 4.68 Å². The molecular weight excluding hydrogens is 374 g/mol. The summed E-state index contributed by atoms with van der Waals surface area (Å²) in [6.45, 7) is 2.61. The third-order valence-corrected chi connectivity index (χ3v) is 5.83. The number of nitrogens with two attached hydrogens (primary N) is 1. The highest BCUT2D eigenvalue weighted by Crippen LogP contribution is 2.25. The zero-order valence-electron chi connectivity index (χ0n) is 16.2. The number of nitrogens with zero attached hydrogens (tertiary/aromatic N) is 4. The first-order valence-corrected chi connectivity index (χ1v) is 10.1. The standard InChI is InChI=1S/C20H26ClN7/c1-12-7-8-13(9-15(12)21)10-23-18-14-11-24-28(2)19(14)27-20(26-18)25-17-6-4-3-5-16(17)22/h7-9,11,16-17H,3-6,10,22H2,1-2H3,(H2,23,25,26,27). The molecule has 148 valence electrons. The van der Waals surface area contributed by atoms with Gasteiger partial charge in [0.25, 0.3) is 0 Å². The molecule has 0 saturated heterocycles. The molecule has 2 unspecified atom stereocenters. The minimum absolute atomic E-state index is 0.130. The van der Waals surface area contributed by atoms with Crippen molar-refractivity contribution in [3.05, 3.63) is 40.5 Å². The van der Waals surface area contributed by atoms with Gasteiger partial charge in [-0.05, 0) is 37.0 Å². The lowest BCUT2D eigenvalue weighted by Crippen LogP contribution is -2.43. The topological polar surface area (TPSA) is 93.7 Å². The maximum Gasteiger partial charge on any atom is 0.226 e. The van der Waals surface area contributed by atoms with E-state index in [4.69, 9.17) is 22.3 Å². The number of aryl methyl sites for hydroxylation is 2. The van der Waals surface area contributed by atoms with E-state index in [1.165, 1.54) is 12.8 Å². The van der Waals surface area contributed by atoms with E-state index in [1.807, 2.05) is 26.1 Å². The molecule has 8 heteroatoms. The molecule has 7 nitrogen and oxygen atoms in total. The summed E-state index contributed by atoms with van der Waals surface area (Å²) in [4.78, 5) is 9.39. The van der Waals surface area contributed by atoms with Gasteiger partial charge in [0, 0.05) is 30.7 Å². The van der Waals surface area contributed by atoms with Crippen molar-refractivity contribution < 1.29 is 0 Å². The van der Waals surface area contributed by atoms with Gasteiger partial charge in [-0.25, -0.2) is 0 Å². The molecule has 2 heterocycles. The van der Waals surface area contributed by atoms with Crippen molar-refractivity contribution in [3.8, 4) is 0 Å². The summed E-state index contributed by atoms with van der Waals surface area (Å²) in [5, 5.41) is 12.9. The van der Waals surface area contributed by atoms with E-state index in [0.29, 0.717) is 12.5 Å². The Labute approximate surface area is 169 Å². The maximum atomic E-state index is 6.28. The number of hydrogen-bond donors (Lipinski definition) is 3. The van der Waals surface area contributed by atoms with Gasteiger partial charge in [0.2, 0.25) is 5.95 Å². The molecule has 1 saturated carbocycles. The fourth-order valence-electron chi connectivity index (χ4n) is 3.66. The Kier molecular flexibility index (Phi) is 5.37. The summed E-state index contributed by atoms with van der Waals surface area (Å²) in [7, 11) is 1.88. The molecule has 0 amide bonds. The molecule has 1 aliphatic carbocycles. The molecule has 0 spiro atoms. The Morgan fingerprint density at radius 3 is 2.86 bits per heavy atom. The van der Waals surface area contributed by atoms with Crippen molar-refractivity contribution in [2.75, 3.05) is 10.6 Å². The quantitative estimate of drug-likeness (QED) is 0.606. The highest BCUT2D eigenvalue weighted by atomic mass is 35.5. The molecular formula is C20H26ClN7. The molecule has 1 fully saturated rings. The smallest absolute Gasteiger partial charge is 0.226 e. The van der Waals surface area contributed by atoms with Crippen molar-refractivity contribution >= 4 is 34.4 Å². The molecule has 1 aromatic carbocycles. The highest BCUT2D eigenvalue weighted by molar-refractivity contribution is 6.31. The van der Waals surface area contributed by atoms with Gasteiger partial charge in [-0.2, -0.15) is 15.1 Å². The van der Waals surface area contributed by atoms with E-state index < -0.39 is 0 Å². The first-order valence-electron chi connectivity index (χ1n) is 9.72. The number of hydrogen-bond acceptors (Lipinski definition) is 6. The summed E-state index contributed by atoms with van der Waals surface area (Å²) in [5.41, 5.74) is 9.23. The monoisotopic (exact) mass is 399 g/mol. The Balaban J connectivity index is 1.60. The van der Waals surface area contributed by atoms with Crippen LogP contribution in [-0.4, -0.2) is 31.8 Å². The Hall–Kier alpha value is -2.38. The fourth-order valence-corrected chi connectivity index (χ4v) is 3.86. The molecule has 1 aliphatic rings. The first kappa shape index (κ1) is 19.0. The largest absolute Gasteiger partial charge is 0.365 e. The Morgan fingerprint density at radius 1 is 1.25 bits per heavy atom. The van der Waals surface area contributed by atoms with Crippen LogP contribution in [0.5, 0.6) is 0 Å². The second-order valence-corrected chi connectivity index (χ2v) is 7.94. The third-order valence-electron chi connectivity index (χ3n) is 5.42. The molecule has 4 N–H and O–H groups in total. The van der Waals surface area contributed by atoms with Crippen LogP contribution < -0.4 is 16.4 Å². The van der Waals surface area contributed by atoms with Gasteiger partial charge >= 0.3 is 0 Å². The summed E-state index contributed by atoms with van der Waals surface area (Å²) in [5.74, 6) is 1.34. The van der Waals surface area contributed by atoms with Gasteiger partial charge in [0.15, 0.2) is 5.65 Å². The number of nitrogens with one attached hydrogen (secondary N) is 2. The minimum Gasteiger partial charge on any atom is -0.365 e. The van der Waals surface area contributed by atoms with Gasteiger partial charge < -0.3 is 16.4 Å². The minimum atomic E-state index is 0.130. The van der Waals surface area contributed by atoms with Crippen LogP contribution >= 0.6 is 11.6 Å². The number of halogens is 1. The molecule has 0 bridgehead atoms. The summed E-state index contributed by atoms with van der Waals surface area (Å²) in [6, 6.07) is 6.40. The van der Waals surface area contributed by atoms with E-state index in [2.05, 4.69) is 26.8 Å². The van der Waals surface area contributed by atoms with E-state index >= 15 is 0 Å². The lowest BCUT2D eigenvalue weighted by Gasteiger charge is -2.29. The molecule has 2 atom stereocenters. The van der Waals surface area contributed by atoms with Crippen molar-refractivity contribution in [2.45, 2.75) is 51.2 Å². The maximum absolute atomic E-state index is 6.28. The molecule has 0 aliphatic heterocycles. The molecule has 2 aromatic heterocycles. The third kappa shape index (κ3) is 3.91. The van der Waals surface area contributed by atoms with Crippen molar-refractivity contribution in [2.24, 2.45) is 12.8 Å².